The summed E-state index contributed by atoms with van der Waals surface area (Å²) >= 11 is 6.23. The lowest BCUT2D eigenvalue weighted by molar-refractivity contribution is -0.141. The molecule has 184 valence electrons. The summed E-state index contributed by atoms with van der Waals surface area (Å²) in [4.78, 5) is 28.8. The highest BCUT2D eigenvalue weighted by molar-refractivity contribution is 6.31. The van der Waals surface area contributed by atoms with Crippen LogP contribution < -0.4 is 5.32 Å². The quantitative estimate of drug-likeness (QED) is 0.382. The largest absolute Gasteiger partial charge is 0.352 e. The highest BCUT2D eigenvalue weighted by Crippen LogP contribution is 2.23. The van der Waals surface area contributed by atoms with E-state index in [1.165, 1.54) is 12.1 Å². The lowest BCUT2D eigenvalue weighted by Gasteiger charge is -2.32. The Morgan fingerprint density at radius 2 is 1.69 bits per heavy atom. The molecule has 0 unspecified atom stereocenters. The minimum Gasteiger partial charge on any atom is -0.352 e. The van der Waals surface area contributed by atoms with Crippen molar-refractivity contribution >= 4 is 23.4 Å². The number of benzene rings is 3. The predicted octanol–water partition coefficient (Wildman–Crippen LogP) is 5.88. The van der Waals surface area contributed by atoms with Gasteiger partial charge in [-0.05, 0) is 43.5 Å². The van der Waals surface area contributed by atoms with Gasteiger partial charge in [-0.1, -0.05) is 84.8 Å². The van der Waals surface area contributed by atoms with Crippen LogP contribution in [0.15, 0.2) is 72.8 Å². The molecular weight excluding hydrogens is 463 g/mol. The van der Waals surface area contributed by atoms with Crippen LogP contribution in [0.25, 0.3) is 0 Å². The van der Waals surface area contributed by atoms with E-state index in [2.05, 4.69) is 5.32 Å². The second-order valence-electron chi connectivity index (χ2n) is 8.91. The molecule has 0 aliphatic rings. The van der Waals surface area contributed by atoms with Crippen molar-refractivity contribution in [2.45, 2.75) is 58.7 Å². The van der Waals surface area contributed by atoms with E-state index in [0.29, 0.717) is 6.42 Å². The maximum absolute atomic E-state index is 14.5. The zero-order valence-corrected chi connectivity index (χ0v) is 21.2. The number of nitrogens with one attached hydrogen (secondary N) is 1. The molecule has 0 saturated heterocycles. The predicted molar refractivity (Wildman–Crippen MR) is 139 cm³/mol. The fourth-order valence-electron chi connectivity index (χ4n) is 3.96. The Morgan fingerprint density at radius 3 is 2.34 bits per heavy atom. The zero-order valence-electron chi connectivity index (χ0n) is 20.4. The van der Waals surface area contributed by atoms with Gasteiger partial charge in [-0.15, -0.1) is 0 Å². The number of aryl methyl sites for hydroxylation is 1. The Morgan fingerprint density at radius 1 is 1.00 bits per heavy atom. The normalized spacial score (nSPS) is 12.6. The van der Waals surface area contributed by atoms with Crippen LogP contribution in [0, 0.1) is 12.7 Å². The van der Waals surface area contributed by atoms with Gasteiger partial charge in [0.05, 0.1) is 6.42 Å². The number of carbonyl (C=O) groups is 2. The van der Waals surface area contributed by atoms with Crippen LogP contribution in [0.1, 0.15) is 42.5 Å². The molecule has 2 amide bonds. The molecule has 0 fully saturated rings. The summed E-state index contributed by atoms with van der Waals surface area (Å²) in [6, 6.07) is 21.0. The molecule has 0 heterocycles. The highest BCUT2D eigenvalue weighted by Gasteiger charge is 2.31. The van der Waals surface area contributed by atoms with E-state index in [4.69, 9.17) is 11.6 Å². The third kappa shape index (κ3) is 7.40. The summed E-state index contributed by atoms with van der Waals surface area (Å²) < 4.78 is 14.5. The maximum Gasteiger partial charge on any atom is 0.243 e. The molecule has 2 atom stereocenters. The first-order valence-corrected chi connectivity index (χ1v) is 12.3. The monoisotopic (exact) mass is 494 g/mol. The molecule has 1 N–H and O–H groups in total. The number of hydrogen-bond donors (Lipinski definition) is 1. The Bertz CT molecular complexity index is 1130. The number of hydrogen-bond acceptors (Lipinski definition) is 2. The van der Waals surface area contributed by atoms with Crippen LogP contribution in [0.4, 0.5) is 4.39 Å². The minimum atomic E-state index is -0.773. The van der Waals surface area contributed by atoms with E-state index in [1.807, 2.05) is 75.4 Å². The summed E-state index contributed by atoms with van der Waals surface area (Å²) in [5.74, 6) is -1.13. The summed E-state index contributed by atoms with van der Waals surface area (Å²) in [5, 5.41) is 3.23. The van der Waals surface area contributed by atoms with Crippen molar-refractivity contribution in [2.24, 2.45) is 0 Å². The summed E-state index contributed by atoms with van der Waals surface area (Å²) in [6.45, 7) is 6.13. The first-order chi connectivity index (χ1) is 16.8. The van der Waals surface area contributed by atoms with Gasteiger partial charge in [-0.25, -0.2) is 4.39 Å². The van der Waals surface area contributed by atoms with Crippen molar-refractivity contribution in [1.82, 2.24) is 10.2 Å². The molecule has 35 heavy (non-hydrogen) atoms. The lowest BCUT2D eigenvalue weighted by atomic mass is 10.0. The topological polar surface area (TPSA) is 49.4 Å². The van der Waals surface area contributed by atoms with E-state index in [-0.39, 0.29) is 41.4 Å². The number of nitrogens with zero attached hydrogens (tertiary/aromatic N) is 1. The molecular formula is C29H32ClFN2O2. The second kappa shape index (κ2) is 12.5. The highest BCUT2D eigenvalue weighted by atomic mass is 35.5. The number of carbonyl (C=O) groups excluding carboxylic acids is 2. The molecule has 0 saturated carbocycles. The standard InChI is InChI=1S/C29H32ClFN2O2/c1-4-21(3)32-29(35)27(17-22-11-6-5-7-12-22)33(19-23-13-8-10-20(2)16-23)28(34)18-24-25(30)14-9-15-26(24)31/h5-16,21,27H,4,17-19H2,1-3H3,(H,32,35)/t21-,27+/m0/s1. The van der Waals surface area contributed by atoms with Gasteiger partial charge < -0.3 is 10.2 Å². The first-order valence-electron chi connectivity index (χ1n) is 11.9. The Kier molecular flexibility index (Phi) is 9.44. The van der Waals surface area contributed by atoms with Crippen LogP contribution in [-0.2, 0) is 29.0 Å². The smallest absolute Gasteiger partial charge is 0.243 e. The van der Waals surface area contributed by atoms with Crippen molar-refractivity contribution in [2.75, 3.05) is 0 Å². The third-order valence-electron chi connectivity index (χ3n) is 6.10. The molecule has 0 bridgehead atoms. The third-order valence-corrected chi connectivity index (χ3v) is 6.45. The molecule has 0 aliphatic carbocycles. The Balaban J connectivity index is 2.01. The van der Waals surface area contributed by atoms with E-state index in [0.717, 1.165) is 23.1 Å². The minimum absolute atomic E-state index is 0.0438. The molecule has 0 aliphatic heterocycles. The molecule has 4 nitrogen and oxygen atoms in total. The number of halogens is 2. The SMILES string of the molecule is CC[C@H](C)NC(=O)[C@@H](Cc1ccccc1)N(Cc1cccc(C)c1)C(=O)Cc1c(F)cccc1Cl. The average Bonchev–Trinajstić information content (AvgIpc) is 2.84. The summed E-state index contributed by atoms with van der Waals surface area (Å²) in [7, 11) is 0. The van der Waals surface area contributed by atoms with Crippen molar-refractivity contribution < 1.29 is 14.0 Å². The lowest BCUT2D eigenvalue weighted by Crippen LogP contribution is -2.52. The molecule has 0 aromatic heterocycles. The Hall–Kier alpha value is -3.18. The molecule has 3 aromatic rings. The van der Waals surface area contributed by atoms with Crippen LogP contribution in [0.5, 0.6) is 0 Å². The van der Waals surface area contributed by atoms with Crippen LogP contribution in [0.3, 0.4) is 0 Å². The van der Waals surface area contributed by atoms with Crippen LogP contribution in [0.2, 0.25) is 5.02 Å². The van der Waals surface area contributed by atoms with Gasteiger partial charge in [-0.3, -0.25) is 9.59 Å². The van der Waals surface area contributed by atoms with Crippen molar-refractivity contribution in [3.05, 3.63) is 106 Å². The van der Waals surface area contributed by atoms with E-state index >= 15 is 0 Å². The van der Waals surface area contributed by atoms with Gasteiger partial charge in [-0.2, -0.15) is 0 Å². The van der Waals surface area contributed by atoms with Gasteiger partial charge in [0.2, 0.25) is 11.8 Å². The van der Waals surface area contributed by atoms with Gasteiger partial charge in [0.1, 0.15) is 11.9 Å². The maximum atomic E-state index is 14.5. The summed E-state index contributed by atoms with van der Waals surface area (Å²) in [6.07, 6.45) is 0.866. The number of amides is 2. The van der Waals surface area contributed by atoms with Gasteiger partial charge >= 0.3 is 0 Å². The average molecular weight is 495 g/mol. The molecule has 3 aromatic carbocycles. The van der Waals surface area contributed by atoms with Crippen LogP contribution in [-0.4, -0.2) is 28.8 Å². The van der Waals surface area contributed by atoms with Gasteiger partial charge in [0, 0.05) is 29.6 Å². The van der Waals surface area contributed by atoms with Gasteiger partial charge in [0.15, 0.2) is 0 Å². The van der Waals surface area contributed by atoms with E-state index < -0.39 is 11.9 Å². The fourth-order valence-corrected chi connectivity index (χ4v) is 4.19. The molecule has 3 rings (SSSR count). The Labute approximate surface area is 212 Å². The van der Waals surface area contributed by atoms with Gasteiger partial charge in [0.25, 0.3) is 0 Å². The van der Waals surface area contributed by atoms with E-state index in [9.17, 15) is 14.0 Å². The molecule has 6 heteroatoms. The summed E-state index contributed by atoms with van der Waals surface area (Å²) in [5.41, 5.74) is 3.01. The molecule has 0 spiro atoms. The van der Waals surface area contributed by atoms with Crippen molar-refractivity contribution in [3.8, 4) is 0 Å². The van der Waals surface area contributed by atoms with Crippen LogP contribution >= 0.6 is 11.6 Å². The zero-order chi connectivity index (χ0) is 25.4. The number of rotatable bonds is 10. The van der Waals surface area contributed by atoms with Crippen molar-refractivity contribution in [1.29, 1.82) is 0 Å². The molecule has 0 radical (unpaired) electrons. The first kappa shape index (κ1) is 26.4. The second-order valence-corrected chi connectivity index (χ2v) is 9.32. The fraction of sp³-hybridized carbons (Fsp3) is 0.310. The van der Waals surface area contributed by atoms with Crippen molar-refractivity contribution in [3.63, 3.8) is 0 Å². The van der Waals surface area contributed by atoms with E-state index in [1.54, 1.807) is 11.0 Å².